The van der Waals surface area contributed by atoms with E-state index in [0.717, 1.165) is 62.4 Å². The SMILES string of the molecule is CN(C)CCN1CCN(CCc2c(-c3cc(C(F)(F)F)cc(C(F)(F)F)c3)[nH]c3ccccc23)CC1. The Hall–Kier alpha value is -2.56. The molecule has 36 heavy (non-hydrogen) atoms. The molecule has 196 valence electrons. The number of hydrogen-bond acceptors (Lipinski definition) is 3. The number of nitrogens with one attached hydrogen (secondary N) is 1. The third-order valence-electron chi connectivity index (χ3n) is 6.70. The maximum absolute atomic E-state index is 13.5. The van der Waals surface area contributed by atoms with Gasteiger partial charge in [0.2, 0.25) is 0 Å². The molecule has 1 saturated heterocycles. The number of likely N-dealkylation sites (N-methyl/N-ethyl adjacent to an activating group) is 1. The van der Waals surface area contributed by atoms with Crippen LogP contribution >= 0.6 is 0 Å². The standard InChI is InChI=1S/C26H30F6N4/c1-34(2)9-10-36-13-11-35(12-14-36)8-7-22-21-5-3-4-6-23(21)33-24(22)18-15-19(25(27,28)29)17-20(16-18)26(30,31)32/h3-6,15-17,33H,7-14H2,1-2H3. The van der Waals surface area contributed by atoms with Gasteiger partial charge in [0.25, 0.3) is 0 Å². The third-order valence-corrected chi connectivity index (χ3v) is 6.70. The van der Waals surface area contributed by atoms with Crippen LogP contribution in [0.4, 0.5) is 26.3 Å². The lowest BCUT2D eigenvalue weighted by Gasteiger charge is -2.35. The zero-order valence-electron chi connectivity index (χ0n) is 20.3. The van der Waals surface area contributed by atoms with Crippen LogP contribution in [0.3, 0.4) is 0 Å². The Kier molecular flexibility index (Phi) is 7.68. The Morgan fingerprint density at radius 3 is 1.92 bits per heavy atom. The van der Waals surface area contributed by atoms with E-state index in [1.165, 1.54) is 0 Å². The van der Waals surface area contributed by atoms with Crippen LogP contribution in [-0.4, -0.2) is 79.6 Å². The average molecular weight is 513 g/mol. The molecule has 1 aliphatic heterocycles. The van der Waals surface area contributed by atoms with Gasteiger partial charge in [0.15, 0.2) is 0 Å². The van der Waals surface area contributed by atoms with Crippen molar-refractivity contribution < 1.29 is 26.3 Å². The normalized spacial score (nSPS) is 16.4. The predicted molar refractivity (Wildman–Crippen MR) is 129 cm³/mol. The summed E-state index contributed by atoms with van der Waals surface area (Å²) in [6, 6.07) is 9.00. The van der Waals surface area contributed by atoms with E-state index in [1.807, 2.05) is 26.2 Å². The number of aromatic nitrogens is 1. The summed E-state index contributed by atoms with van der Waals surface area (Å²) < 4.78 is 80.9. The summed E-state index contributed by atoms with van der Waals surface area (Å²) in [7, 11) is 4.08. The molecule has 0 atom stereocenters. The second kappa shape index (κ2) is 10.4. The second-order valence-electron chi connectivity index (χ2n) is 9.56. The molecular formula is C26H30F6N4. The van der Waals surface area contributed by atoms with Crippen LogP contribution in [0, 0.1) is 0 Å². The number of H-pyrrole nitrogens is 1. The van der Waals surface area contributed by atoms with Gasteiger partial charge in [-0.25, -0.2) is 0 Å². The maximum atomic E-state index is 13.5. The number of benzene rings is 2. The average Bonchev–Trinajstić information content (AvgIpc) is 3.19. The van der Waals surface area contributed by atoms with Crippen molar-refractivity contribution in [1.29, 1.82) is 0 Å². The first-order valence-electron chi connectivity index (χ1n) is 11.9. The lowest BCUT2D eigenvalue weighted by Crippen LogP contribution is -2.48. The number of fused-ring (bicyclic) bond motifs is 1. The highest BCUT2D eigenvalue weighted by Crippen LogP contribution is 2.40. The molecule has 0 spiro atoms. The molecular weight excluding hydrogens is 482 g/mol. The van der Waals surface area contributed by atoms with Crippen molar-refractivity contribution in [3.63, 3.8) is 0 Å². The summed E-state index contributed by atoms with van der Waals surface area (Å²) in [4.78, 5) is 9.93. The number of hydrogen-bond donors (Lipinski definition) is 1. The van der Waals surface area contributed by atoms with E-state index in [0.29, 0.717) is 24.2 Å². The van der Waals surface area contributed by atoms with Crippen LogP contribution < -0.4 is 0 Å². The molecule has 0 unspecified atom stereocenters. The number of aromatic amines is 1. The summed E-state index contributed by atoms with van der Waals surface area (Å²) in [6.07, 6.45) is -9.28. The van der Waals surface area contributed by atoms with Crippen LogP contribution in [0.2, 0.25) is 0 Å². The van der Waals surface area contributed by atoms with Crippen molar-refractivity contribution >= 4 is 10.9 Å². The number of alkyl halides is 6. The van der Waals surface area contributed by atoms with Gasteiger partial charge in [0.1, 0.15) is 0 Å². The van der Waals surface area contributed by atoms with Gasteiger partial charge < -0.3 is 14.8 Å². The molecule has 3 aromatic rings. The van der Waals surface area contributed by atoms with Crippen LogP contribution in [0.25, 0.3) is 22.2 Å². The first kappa shape index (κ1) is 26.5. The van der Waals surface area contributed by atoms with Crippen LogP contribution in [0.5, 0.6) is 0 Å². The molecule has 1 aliphatic rings. The van der Waals surface area contributed by atoms with E-state index >= 15 is 0 Å². The highest BCUT2D eigenvalue weighted by atomic mass is 19.4. The van der Waals surface area contributed by atoms with Gasteiger partial charge >= 0.3 is 12.4 Å². The first-order valence-corrected chi connectivity index (χ1v) is 11.9. The van der Waals surface area contributed by atoms with Gasteiger partial charge in [0.05, 0.1) is 11.1 Å². The number of piperazine rings is 1. The Labute approximate surface area is 206 Å². The molecule has 1 N–H and O–H groups in total. The van der Waals surface area contributed by atoms with Crippen molar-refractivity contribution in [3.05, 3.63) is 59.2 Å². The second-order valence-corrected chi connectivity index (χ2v) is 9.56. The Balaban J connectivity index is 1.62. The summed E-state index contributed by atoms with van der Waals surface area (Å²) in [5.41, 5.74) is -1.03. The summed E-state index contributed by atoms with van der Waals surface area (Å²) in [5.74, 6) is 0. The molecule has 4 nitrogen and oxygen atoms in total. The lowest BCUT2D eigenvalue weighted by molar-refractivity contribution is -0.143. The highest BCUT2D eigenvalue weighted by molar-refractivity contribution is 5.91. The topological polar surface area (TPSA) is 25.5 Å². The van der Waals surface area contributed by atoms with Gasteiger partial charge in [-0.3, -0.25) is 4.90 Å². The zero-order valence-corrected chi connectivity index (χ0v) is 20.3. The minimum Gasteiger partial charge on any atom is -0.354 e. The monoisotopic (exact) mass is 512 g/mol. The van der Waals surface area contributed by atoms with E-state index in [9.17, 15) is 26.3 Å². The fraction of sp³-hybridized carbons (Fsp3) is 0.462. The third kappa shape index (κ3) is 6.22. The predicted octanol–water partition coefficient (Wildman–Crippen LogP) is 5.59. The van der Waals surface area contributed by atoms with Crippen molar-refractivity contribution in [3.8, 4) is 11.3 Å². The van der Waals surface area contributed by atoms with Crippen LogP contribution in [0.15, 0.2) is 42.5 Å². The van der Waals surface area contributed by atoms with Crippen LogP contribution in [0.1, 0.15) is 16.7 Å². The van der Waals surface area contributed by atoms with Gasteiger partial charge in [-0.1, -0.05) is 18.2 Å². The molecule has 2 aromatic carbocycles. The van der Waals surface area contributed by atoms with Crippen molar-refractivity contribution in [2.75, 3.05) is 59.9 Å². The molecule has 0 radical (unpaired) electrons. The van der Waals surface area contributed by atoms with E-state index in [2.05, 4.69) is 19.7 Å². The van der Waals surface area contributed by atoms with Gasteiger partial charge in [0, 0.05) is 62.4 Å². The Bertz CT molecular complexity index is 1140. The number of nitrogens with zero attached hydrogens (tertiary/aromatic N) is 3. The molecule has 0 bridgehead atoms. The van der Waals surface area contributed by atoms with Crippen molar-refractivity contribution in [1.82, 2.24) is 19.7 Å². The minimum absolute atomic E-state index is 0.114. The Morgan fingerprint density at radius 1 is 0.806 bits per heavy atom. The molecule has 10 heteroatoms. The highest BCUT2D eigenvalue weighted by Gasteiger charge is 2.37. The van der Waals surface area contributed by atoms with Gasteiger partial charge in [-0.15, -0.1) is 0 Å². The minimum atomic E-state index is -4.89. The fourth-order valence-electron chi connectivity index (χ4n) is 4.65. The quantitative estimate of drug-likeness (QED) is 0.418. The Morgan fingerprint density at radius 2 is 1.36 bits per heavy atom. The van der Waals surface area contributed by atoms with E-state index < -0.39 is 23.5 Å². The van der Waals surface area contributed by atoms with Gasteiger partial charge in [-0.2, -0.15) is 26.3 Å². The van der Waals surface area contributed by atoms with Gasteiger partial charge in [-0.05, 0) is 55.9 Å². The molecule has 2 heterocycles. The first-order chi connectivity index (χ1) is 16.9. The molecule has 4 rings (SSSR count). The largest absolute Gasteiger partial charge is 0.416 e. The fourth-order valence-corrected chi connectivity index (χ4v) is 4.65. The van der Waals surface area contributed by atoms with Crippen LogP contribution in [-0.2, 0) is 18.8 Å². The van der Waals surface area contributed by atoms with Crippen molar-refractivity contribution in [2.45, 2.75) is 18.8 Å². The maximum Gasteiger partial charge on any atom is 0.416 e. The zero-order chi connectivity index (χ0) is 26.1. The molecule has 1 aromatic heterocycles. The van der Waals surface area contributed by atoms with E-state index in [1.54, 1.807) is 12.1 Å². The molecule has 0 amide bonds. The summed E-state index contributed by atoms with van der Waals surface area (Å²) in [5, 5.41) is 0.808. The van der Waals surface area contributed by atoms with E-state index in [4.69, 9.17) is 0 Å². The number of para-hydroxylation sites is 1. The van der Waals surface area contributed by atoms with Crippen molar-refractivity contribution in [2.24, 2.45) is 0 Å². The smallest absolute Gasteiger partial charge is 0.354 e. The summed E-state index contributed by atoms with van der Waals surface area (Å²) in [6.45, 7) is 6.23. The number of rotatable bonds is 7. The summed E-state index contributed by atoms with van der Waals surface area (Å²) >= 11 is 0. The molecule has 0 saturated carbocycles. The van der Waals surface area contributed by atoms with E-state index in [-0.39, 0.29) is 11.6 Å². The molecule has 1 fully saturated rings. The molecule has 0 aliphatic carbocycles. The number of halogens is 6. The lowest BCUT2D eigenvalue weighted by atomic mass is 9.98.